The number of hydrogen-bond acceptors (Lipinski definition) is 0. The van der Waals surface area contributed by atoms with Crippen molar-refractivity contribution in [2.75, 3.05) is 0 Å². The van der Waals surface area contributed by atoms with Gasteiger partial charge in [0.2, 0.25) is 0 Å². The number of rotatable bonds is 0. The highest BCUT2D eigenvalue weighted by molar-refractivity contribution is 6.32. The van der Waals surface area contributed by atoms with Crippen LogP contribution in [0.3, 0.4) is 0 Å². The molecule has 0 N–H and O–H groups in total. The van der Waals surface area contributed by atoms with E-state index in [-0.39, 0.29) is 5.41 Å². The average molecular weight is 251 g/mol. The standard InChI is InChI=1S/C17H11Cl/c1-10-11(2)17(10)14-8-4-3-6-12(14)13-7-5-9-15(18)16(13)17/h3-9H,1-2H2. The smallest absolute Gasteiger partial charge is 0.0722 e. The second-order valence-electron chi connectivity index (χ2n) is 4.92. The lowest BCUT2D eigenvalue weighted by atomic mass is 9.92. The van der Waals surface area contributed by atoms with E-state index in [1.54, 1.807) is 0 Å². The van der Waals surface area contributed by atoms with Crippen LogP contribution in [0, 0.1) is 0 Å². The fraction of sp³-hybridized carbons (Fsp3) is 0.0588. The summed E-state index contributed by atoms with van der Waals surface area (Å²) in [4.78, 5) is 0. The minimum atomic E-state index is -0.204. The minimum absolute atomic E-state index is 0.204. The minimum Gasteiger partial charge on any atom is -0.0939 e. The summed E-state index contributed by atoms with van der Waals surface area (Å²) in [5.41, 5.74) is 6.92. The van der Waals surface area contributed by atoms with Crippen LogP contribution in [0.15, 0.2) is 66.8 Å². The molecular weight excluding hydrogens is 240 g/mol. The molecule has 2 aromatic rings. The molecule has 0 nitrogen and oxygen atoms in total. The summed E-state index contributed by atoms with van der Waals surface area (Å²) >= 11 is 6.43. The van der Waals surface area contributed by atoms with Crippen molar-refractivity contribution in [1.82, 2.24) is 0 Å². The van der Waals surface area contributed by atoms with Crippen LogP contribution in [0.4, 0.5) is 0 Å². The second-order valence-corrected chi connectivity index (χ2v) is 5.32. The Balaban J connectivity index is 2.21. The Morgan fingerprint density at radius 2 is 1.50 bits per heavy atom. The van der Waals surface area contributed by atoms with Gasteiger partial charge in [0, 0.05) is 5.02 Å². The summed E-state index contributed by atoms with van der Waals surface area (Å²) in [7, 11) is 0. The molecule has 0 atom stereocenters. The van der Waals surface area contributed by atoms with Crippen LogP contribution in [0.5, 0.6) is 0 Å². The van der Waals surface area contributed by atoms with Gasteiger partial charge in [0.25, 0.3) is 0 Å². The van der Waals surface area contributed by atoms with E-state index < -0.39 is 0 Å². The van der Waals surface area contributed by atoms with E-state index in [0.29, 0.717) is 0 Å². The normalized spacial score (nSPS) is 17.8. The van der Waals surface area contributed by atoms with E-state index in [0.717, 1.165) is 16.2 Å². The lowest BCUT2D eigenvalue weighted by molar-refractivity contribution is 0.982. The van der Waals surface area contributed by atoms with E-state index >= 15 is 0 Å². The highest BCUT2D eigenvalue weighted by Crippen LogP contribution is 2.69. The first-order chi connectivity index (χ1) is 8.69. The van der Waals surface area contributed by atoms with Gasteiger partial charge in [-0.15, -0.1) is 0 Å². The van der Waals surface area contributed by atoms with Crippen LogP contribution in [0.1, 0.15) is 11.1 Å². The molecule has 2 aliphatic carbocycles. The Labute approximate surface area is 111 Å². The van der Waals surface area contributed by atoms with Gasteiger partial charge >= 0.3 is 0 Å². The largest absolute Gasteiger partial charge is 0.0939 e. The van der Waals surface area contributed by atoms with Gasteiger partial charge in [0.05, 0.1) is 5.41 Å². The van der Waals surface area contributed by atoms with Crippen LogP contribution in [-0.4, -0.2) is 0 Å². The molecule has 0 unspecified atom stereocenters. The van der Waals surface area contributed by atoms with Gasteiger partial charge in [0.15, 0.2) is 0 Å². The van der Waals surface area contributed by atoms with Crippen LogP contribution < -0.4 is 0 Å². The maximum absolute atomic E-state index is 6.43. The molecule has 4 rings (SSSR count). The SMILES string of the molecule is C=C1C(=C)C12c1ccccc1-c1cccc(Cl)c12. The topological polar surface area (TPSA) is 0 Å². The molecule has 0 saturated heterocycles. The third kappa shape index (κ3) is 0.876. The zero-order valence-electron chi connectivity index (χ0n) is 9.83. The molecule has 1 spiro atoms. The van der Waals surface area contributed by atoms with Crippen molar-refractivity contribution >= 4 is 11.6 Å². The van der Waals surface area contributed by atoms with E-state index in [2.05, 4.69) is 43.5 Å². The monoisotopic (exact) mass is 250 g/mol. The van der Waals surface area contributed by atoms with E-state index in [1.165, 1.54) is 22.3 Å². The quantitative estimate of drug-likeness (QED) is 0.634. The predicted octanol–water partition coefficient (Wildman–Crippen LogP) is 4.73. The van der Waals surface area contributed by atoms with Crippen molar-refractivity contribution in [2.24, 2.45) is 0 Å². The summed E-state index contributed by atoms with van der Waals surface area (Å²) in [6.45, 7) is 8.33. The summed E-state index contributed by atoms with van der Waals surface area (Å²) in [5.74, 6) is 0. The van der Waals surface area contributed by atoms with Crippen molar-refractivity contribution in [3.63, 3.8) is 0 Å². The van der Waals surface area contributed by atoms with Gasteiger partial charge in [0.1, 0.15) is 0 Å². The zero-order valence-corrected chi connectivity index (χ0v) is 10.6. The Morgan fingerprint density at radius 3 is 2.22 bits per heavy atom. The molecule has 1 fully saturated rings. The maximum atomic E-state index is 6.43. The summed E-state index contributed by atoms with van der Waals surface area (Å²) in [5, 5.41) is 0.809. The van der Waals surface area contributed by atoms with E-state index in [1.807, 2.05) is 12.1 Å². The third-order valence-electron chi connectivity index (χ3n) is 4.22. The second kappa shape index (κ2) is 2.96. The Bertz CT molecular complexity index is 723. The predicted molar refractivity (Wildman–Crippen MR) is 75.9 cm³/mol. The number of fused-ring (bicyclic) bond motifs is 5. The van der Waals surface area contributed by atoms with Crippen LogP contribution in [-0.2, 0) is 5.41 Å². The Hall–Kier alpha value is -1.79. The summed E-state index contributed by atoms with van der Waals surface area (Å²) < 4.78 is 0. The fourth-order valence-electron chi connectivity index (χ4n) is 3.33. The van der Waals surface area contributed by atoms with Crippen LogP contribution in [0.2, 0.25) is 5.02 Å². The number of benzene rings is 2. The van der Waals surface area contributed by atoms with Crippen molar-refractivity contribution in [1.29, 1.82) is 0 Å². The number of halogens is 1. The van der Waals surface area contributed by atoms with Crippen LogP contribution in [0.25, 0.3) is 11.1 Å². The first-order valence-electron chi connectivity index (χ1n) is 5.97. The molecule has 0 aliphatic heterocycles. The highest BCUT2D eigenvalue weighted by Gasteiger charge is 2.60. The molecule has 86 valence electrons. The van der Waals surface area contributed by atoms with Crippen LogP contribution >= 0.6 is 11.6 Å². The Morgan fingerprint density at radius 1 is 0.833 bits per heavy atom. The third-order valence-corrected chi connectivity index (χ3v) is 4.53. The molecule has 1 saturated carbocycles. The molecule has 0 amide bonds. The average Bonchev–Trinajstić information content (AvgIpc) is 2.81. The van der Waals surface area contributed by atoms with Crippen molar-refractivity contribution < 1.29 is 0 Å². The number of hydrogen-bond donors (Lipinski definition) is 0. The van der Waals surface area contributed by atoms with Gasteiger partial charge < -0.3 is 0 Å². The molecule has 1 heteroatoms. The first-order valence-corrected chi connectivity index (χ1v) is 6.35. The summed E-state index contributed by atoms with van der Waals surface area (Å²) in [6.07, 6.45) is 0. The highest BCUT2D eigenvalue weighted by atomic mass is 35.5. The summed E-state index contributed by atoms with van der Waals surface area (Å²) in [6, 6.07) is 14.5. The van der Waals surface area contributed by atoms with E-state index in [9.17, 15) is 0 Å². The molecule has 18 heavy (non-hydrogen) atoms. The van der Waals surface area contributed by atoms with Gasteiger partial charge in [-0.1, -0.05) is 61.2 Å². The van der Waals surface area contributed by atoms with Gasteiger partial charge in [-0.25, -0.2) is 0 Å². The van der Waals surface area contributed by atoms with E-state index in [4.69, 9.17) is 11.6 Å². The lowest BCUT2D eigenvalue weighted by Gasteiger charge is -2.11. The Kier molecular flexibility index (Phi) is 1.67. The fourth-order valence-corrected chi connectivity index (χ4v) is 3.64. The van der Waals surface area contributed by atoms with Crippen molar-refractivity contribution in [3.05, 3.63) is 82.9 Å². The molecule has 0 heterocycles. The molecule has 0 bridgehead atoms. The molecule has 2 aliphatic rings. The van der Waals surface area contributed by atoms with Gasteiger partial charge in [-0.3, -0.25) is 0 Å². The molecule has 2 aromatic carbocycles. The zero-order chi connectivity index (χ0) is 12.5. The van der Waals surface area contributed by atoms with Crippen molar-refractivity contribution in [2.45, 2.75) is 5.41 Å². The van der Waals surface area contributed by atoms with Crippen molar-refractivity contribution in [3.8, 4) is 11.1 Å². The molecule has 0 aromatic heterocycles. The molecule has 0 radical (unpaired) electrons. The van der Waals surface area contributed by atoms with Gasteiger partial charge in [-0.05, 0) is 39.5 Å². The molecular formula is C17H11Cl. The lowest BCUT2D eigenvalue weighted by Crippen LogP contribution is -2.05. The first kappa shape index (κ1) is 10.2. The number of allylic oxidation sites excluding steroid dienone is 2. The van der Waals surface area contributed by atoms with Gasteiger partial charge in [-0.2, -0.15) is 0 Å². The maximum Gasteiger partial charge on any atom is 0.0722 e.